The summed E-state index contributed by atoms with van der Waals surface area (Å²) in [7, 11) is 0. The van der Waals surface area contributed by atoms with E-state index in [1.165, 1.54) is 12.1 Å². The topological polar surface area (TPSA) is 35.2 Å². The van der Waals surface area contributed by atoms with Gasteiger partial charge < -0.3 is 10.5 Å². The van der Waals surface area contributed by atoms with Gasteiger partial charge in [-0.3, -0.25) is 0 Å². The predicted octanol–water partition coefficient (Wildman–Crippen LogP) is 4.12. The summed E-state index contributed by atoms with van der Waals surface area (Å²) in [4.78, 5) is 0. The summed E-state index contributed by atoms with van der Waals surface area (Å²) in [5, 5.41) is 0. The van der Waals surface area contributed by atoms with Crippen LogP contribution in [-0.4, -0.2) is 12.4 Å². The first-order valence-corrected chi connectivity index (χ1v) is 6.47. The van der Waals surface area contributed by atoms with Crippen LogP contribution in [0.3, 0.4) is 0 Å². The highest BCUT2D eigenvalue weighted by molar-refractivity contribution is 5.68. The van der Waals surface area contributed by atoms with Crippen LogP contribution in [0.1, 0.15) is 32.3 Å². The maximum atomic E-state index is 12.2. The highest BCUT2D eigenvalue weighted by Crippen LogP contribution is 2.39. The third-order valence-corrected chi connectivity index (χ3v) is 3.31. The average molecular weight is 285 g/mol. The van der Waals surface area contributed by atoms with Crippen molar-refractivity contribution in [2.24, 2.45) is 11.1 Å². The van der Waals surface area contributed by atoms with E-state index in [2.05, 4.69) is 18.6 Å². The molecular formula is C15H18F3NO. The van der Waals surface area contributed by atoms with Gasteiger partial charge in [0.25, 0.3) is 0 Å². The minimum atomic E-state index is -4.67. The summed E-state index contributed by atoms with van der Waals surface area (Å²) in [6.07, 6.45) is -1.08. The first-order chi connectivity index (χ1) is 9.15. The zero-order chi connectivity index (χ0) is 15.0. The van der Waals surface area contributed by atoms with Crippen molar-refractivity contribution < 1.29 is 17.9 Å². The Morgan fingerprint density at radius 1 is 1.30 bits per heavy atom. The van der Waals surface area contributed by atoms with Crippen LogP contribution >= 0.6 is 0 Å². The molecule has 0 spiro atoms. The van der Waals surface area contributed by atoms with Crippen LogP contribution in [0.5, 0.6) is 5.75 Å². The molecule has 0 amide bonds. The molecule has 0 aliphatic heterocycles. The fourth-order valence-electron chi connectivity index (χ4n) is 2.69. The summed E-state index contributed by atoms with van der Waals surface area (Å²) < 4.78 is 40.7. The first-order valence-electron chi connectivity index (χ1n) is 6.47. The molecule has 0 heterocycles. The third-order valence-electron chi connectivity index (χ3n) is 3.31. The largest absolute Gasteiger partial charge is 0.573 e. The maximum Gasteiger partial charge on any atom is 0.573 e. The van der Waals surface area contributed by atoms with Gasteiger partial charge in [0.05, 0.1) is 0 Å². The lowest BCUT2D eigenvalue weighted by molar-refractivity contribution is -0.274. The van der Waals surface area contributed by atoms with Gasteiger partial charge in [0, 0.05) is 6.04 Å². The molecule has 2 rings (SSSR count). The van der Waals surface area contributed by atoms with Crippen molar-refractivity contribution in [1.29, 1.82) is 0 Å². The van der Waals surface area contributed by atoms with E-state index in [9.17, 15) is 13.2 Å². The van der Waals surface area contributed by atoms with E-state index < -0.39 is 6.36 Å². The number of hydrogen-bond donors (Lipinski definition) is 1. The summed E-state index contributed by atoms with van der Waals surface area (Å²) in [5.41, 5.74) is 7.74. The molecule has 1 aliphatic carbocycles. The minimum Gasteiger partial charge on any atom is -0.406 e. The van der Waals surface area contributed by atoms with E-state index >= 15 is 0 Å². The molecule has 1 atom stereocenters. The summed E-state index contributed by atoms with van der Waals surface area (Å²) in [6.45, 7) is 4.21. The molecule has 0 saturated carbocycles. The van der Waals surface area contributed by atoms with Gasteiger partial charge in [-0.2, -0.15) is 0 Å². The van der Waals surface area contributed by atoms with Crippen molar-refractivity contribution in [2.45, 2.75) is 39.1 Å². The Morgan fingerprint density at radius 3 is 2.60 bits per heavy atom. The van der Waals surface area contributed by atoms with E-state index in [0.29, 0.717) is 0 Å². The Morgan fingerprint density at radius 2 is 2.00 bits per heavy atom. The van der Waals surface area contributed by atoms with Gasteiger partial charge in [0.15, 0.2) is 0 Å². The van der Waals surface area contributed by atoms with E-state index in [4.69, 9.17) is 5.73 Å². The third kappa shape index (κ3) is 4.00. The standard InChI is InChI=1S/C15H18F3NO/c1-14(2)8-11(6-12(19)9-14)10-4-3-5-13(7-10)20-15(16,17)18/h3-7,12H,8-9,19H2,1-2H3. The molecule has 110 valence electrons. The van der Waals surface area contributed by atoms with Crippen LogP contribution < -0.4 is 10.5 Å². The van der Waals surface area contributed by atoms with Gasteiger partial charge in [0.1, 0.15) is 5.75 Å². The minimum absolute atomic E-state index is 0.0460. The van der Waals surface area contributed by atoms with Crippen LogP contribution in [0.2, 0.25) is 0 Å². The number of hydrogen-bond acceptors (Lipinski definition) is 2. The van der Waals surface area contributed by atoms with Crippen LogP contribution in [0.25, 0.3) is 5.57 Å². The van der Waals surface area contributed by atoms with E-state index in [1.54, 1.807) is 12.1 Å². The van der Waals surface area contributed by atoms with E-state index in [0.717, 1.165) is 24.0 Å². The highest BCUT2D eigenvalue weighted by Gasteiger charge is 2.31. The van der Waals surface area contributed by atoms with Crippen molar-refractivity contribution in [3.05, 3.63) is 35.9 Å². The fourth-order valence-corrected chi connectivity index (χ4v) is 2.69. The summed E-state index contributed by atoms with van der Waals surface area (Å²) in [6, 6.07) is 5.98. The molecule has 0 bridgehead atoms. The second-order valence-corrected chi connectivity index (χ2v) is 5.98. The van der Waals surface area contributed by atoms with Crippen molar-refractivity contribution in [1.82, 2.24) is 0 Å². The van der Waals surface area contributed by atoms with Gasteiger partial charge in [-0.25, -0.2) is 0 Å². The summed E-state index contributed by atoms with van der Waals surface area (Å²) in [5.74, 6) is -0.201. The average Bonchev–Trinajstić information content (AvgIpc) is 2.24. The highest BCUT2D eigenvalue weighted by atomic mass is 19.4. The quantitative estimate of drug-likeness (QED) is 0.887. The predicted molar refractivity (Wildman–Crippen MR) is 72.1 cm³/mol. The molecule has 1 aliphatic rings. The fraction of sp³-hybridized carbons (Fsp3) is 0.467. The molecule has 1 unspecified atom stereocenters. The zero-order valence-corrected chi connectivity index (χ0v) is 11.5. The number of halogens is 3. The number of benzene rings is 1. The molecule has 2 N–H and O–H groups in total. The summed E-state index contributed by atoms with van der Waals surface area (Å²) >= 11 is 0. The molecule has 1 aromatic rings. The van der Waals surface area contributed by atoms with E-state index in [-0.39, 0.29) is 17.2 Å². The van der Waals surface area contributed by atoms with Crippen LogP contribution in [0, 0.1) is 5.41 Å². The Kier molecular flexibility index (Phi) is 3.82. The first kappa shape index (κ1) is 14.9. The zero-order valence-electron chi connectivity index (χ0n) is 11.5. The van der Waals surface area contributed by atoms with Gasteiger partial charge in [-0.1, -0.05) is 32.1 Å². The van der Waals surface area contributed by atoms with Gasteiger partial charge in [-0.15, -0.1) is 13.2 Å². The number of ether oxygens (including phenoxy) is 1. The molecule has 5 heteroatoms. The van der Waals surface area contributed by atoms with Crippen molar-refractivity contribution in [3.8, 4) is 5.75 Å². The molecule has 2 nitrogen and oxygen atoms in total. The Balaban J connectivity index is 2.27. The Labute approximate surface area is 116 Å². The molecule has 0 saturated heterocycles. The van der Waals surface area contributed by atoms with Gasteiger partial charge in [0.2, 0.25) is 0 Å². The lowest BCUT2D eigenvalue weighted by Gasteiger charge is -2.33. The van der Waals surface area contributed by atoms with Gasteiger partial charge >= 0.3 is 6.36 Å². The second-order valence-electron chi connectivity index (χ2n) is 5.98. The van der Waals surface area contributed by atoms with Crippen LogP contribution in [0.15, 0.2) is 30.3 Å². The lowest BCUT2D eigenvalue weighted by Crippen LogP contribution is -2.30. The second kappa shape index (κ2) is 5.13. The maximum absolute atomic E-state index is 12.2. The monoisotopic (exact) mass is 285 g/mol. The Bertz CT molecular complexity index is 520. The normalized spacial score (nSPS) is 22.3. The molecule has 0 fully saturated rings. The number of alkyl halides is 3. The van der Waals surface area contributed by atoms with Crippen molar-refractivity contribution >= 4 is 5.57 Å². The molecule has 20 heavy (non-hydrogen) atoms. The number of allylic oxidation sites excluding steroid dienone is 1. The Hall–Kier alpha value is -1.49. The lowest BCUT2D eigenvalue weighted by atomic mass is 9.74. The van der Waals surface area contributed by atoms with Crippen LogP contribution in [-0.2, 0) is 0 Å². The molecular weight excluding hydrogens is 267 g/mol. The molecule has 1 aromatic carbocycles. The van der Waals surface area contributed by atoms with Gasteiger partial charge in [-0.05, 0) is 41.5 Å². The van der Waals surface area contributed by atoms with Crippen LogP contribution in [0.4, 0.5) is 13.2 Å². The molecule has 0 aromatic heterocycles. The number of rotatable bonds is 2. The van der Waals surface area contributed by atoms with Crippen molar-refractivity contribution in [2.75, 3.05) is 0 Å². The smallest absolute Gasteiger partial charge is 0.406 e. The SMILES string of the molecule is CC1(C)CC(c2cccc(OC(F)(F)F)c2)=CC(N)C1. The van der Waals surface area contributed by atoms with E-state index in [1.807, 2.05) is 6.08 Å². The van der Waals surface area contributed by atoms with Crippen molar-refractivity contribution in [3.63, 3.8) is 0 Å². The number of nitrogens with two attached hydrogens (primary N) is 1. The molecule has 0 radical (unpaired) electrons.